The Balaban J connectivity index is 1.79. The van der Waals surface area contributed by atoms with Crippen molar-refractivity contribution in [1.82, 2.24) is 9.80 Å². The second-order valence-electron chi connectivity index (χ2n) is 5.16. The van der Waals surface area contributed by atoms with E-state index in [0.717, 1.165) is 39.1 Å². The summed E-state index contributed by atoms with van der Waals surface area (Å²) in [7, 11) is 2.11. The van der Waals surface area contributed by atoms with Crippen molar-refractivity contribution in [1.29, 1.82) is 0 Å². The number of nitrogens with zero attached hydrogens (tertiary/aromatic N) is 2. The van der Waals surface area contributed by atoms with E-state index in [1.165, 1.54) is 12.1 Å². The minimum absolute atomic E-state index is 0.599. The van der Waals surface area contributed by atoms with Gasteiger partial charge in [0.15, 0.2) is 17.4 Å². The highest BCUT2D eigenvalue weighted by Crippen LogP contribution is 2.22. The van der Waals surface area contributed by atoms with E-state index in [4.69, 9.17) is 5.11 Å². The Morgan fingerprint density at radius 2 is 1.68 bits per heavy atom. The summed E-state index contributed by atoms with van der Waals surface area (Å²) >= 11 is 0. The third-order valence-electron chi connectivity index (χ3n) is 3.61. The average Bonchev–Trinajstić information content (AvgIpc) is 2.38. The molecule has 1 aromatic carbocycles. The first kappa shape index (κ1) is 14.2. The van der Waals surface area contributed by atoms with Gasteiger partial charge in [-0.25, -0.2) is 8.78 Å². The zero-order chi connectivity index (χ0) is 13.8. The van der Waals surface area contributed by atoms with Gasteiger partial charge in [0.25, 0.3) is 0 Å². The Labute approximate surface area is 112 Å². The van der Waals surface area contributed by atoms with E-state index in [9.17, 15) is 8.78 Å². The molecule has 3 nitrogen and oxygen atoms in total. The van der Waals surface area contributed by atoms with Gasteiger partial charge in [0, 0.05) is 26.2 Å². The van der Waals surface area contributed by atoms with Crippen LogP contribution in [0.5, 0.6) is 5.75 Å². The summed E-state index contributed by atoms with van der Waals surface area (Å²) in [5, 5.41) is 9.02. The lowest BCUT2D eigenvalue weighted by atomic mass is 10.1. The molecule has 5 heteroatoms. The number of aryl methyl sites for hydroxylation is 1. The molecule has 1 aliphatic rings. The fraction of sp³-hybridized carbons (Fsp3) is 0.571. The summed E-state index contributed by atoms with van der Waals surface area (Å²) in [6.07, 6.45) is 1.49. The van der Waals surface area contributed by atoms with Crippen molar-refractivity contribution in [2.24, 2.45) is 0 Å². The van der Waals surface area contributed by atoms with Gasteiger partial charge in [-0.15, -0.1) is 0 Å². The van der Waals surface area contributed by atoms with Crippen LogP contribution in [0.2, 0.25) is 0 Å². The molecule has 0 atom stereocenters. The van der Waals surface area contributed by atoms with Crippen LogP contribution in [0.1, 0.15) is 12.0 Å². The lowest BCUT2D eigenvalue weighted by Gasteiger charge is -2.32. The Morgan fingerprint density at radius 1 is 1.11 bits per heavy atom. The van der Waals surface area contributed by atoms with E-state index in [1.54, 1.807) is 0 Å². The number of halogens is 2. The maximum Gasteiger partial charge on any atom is 0.187 e. The van der Waals surface area contributed by atoms with E-state index < -0.39 is 17.4 Å². The summed E-state index contributed by atoms with van der Waals surface area (Å²) in [6.45, 7) is 5.19. The Hall–Kier alpha value is -1.20. The first-order chi connectivity index (χ1) is 9.06. The number of hydrogen-bond acceptors (Lipinski definition) is 3. The first-order valence-electron chi connectivity index (χ1n) is 6.64. The smallest absolute Gasteiger partial charge is 0.187 e. The van der Waals surface area contributed by atoms with Crippen molar-refractivity contribution in [2.45, 2.75) is 12.8 Å². The van der Waals surface area contributed by atoms with E-state index in [-0.39, 0.29) is 0 Å². The summed E-state index contributed by atoms with van der Waals surface area (Å²) in [5.41, 5.74) is 0.599. The maximum atomic E-state index is 13.2. The molecule has 1 heterocycles. The zero-order valence-corrected chi connectivity index (χ0v) is 11.2. The second kappa shape index (κ2) is 6.30. The molecule has 106 valence electrons. The number of phenolic OH excluding ortho intramolecular Hbond substituents is 1. The molecule has 0 radical (unpaired) electrons. The quantitative estimate of drug-likeness (QED) is 0.904. The fourth-order valence-corrected chi connectivity index (χ4v) is 2.34. The molecule has 0 bridgehead atoms. The number of benzene rings is 1. The maximum absolute atomic E-state index is 13.2. The highest BCUT2D eigenvalue weighted by molar-refractivity contribution is 5.30. The molecular formula is C14H20F2N2O. The van der Waals surface area contributed by atoms with Gasteiger partial charge in [0.1, 0.15) is 0 Å². The van der Waals surface area contributed by atoms with Gasteiger partial charge >= 0.3 is 0 Å². The number of aromatic hydroxyl groups is 1. The molecule has 0 amide bonds. The highest BCUT2D eigenvalue weighted by Gasteiger charge is 2.13. The van der Waals surface area contributed by atoms with Gasteiger partial charge in [0.05, 0.1) is 0 Å². The van der Waals surface area contributed by atoms with Gasteiger partial charge in [0.2, 0.25) is 0 Å². The Morgan fingerprint density at radius 3 is 2.26 bits per heavy atom. The third-order valence-corrected chi connectivity index (χ3v) is 3.61. The van der Waals surface area contributed by atoms with Crippen LogP contribution in [-0.4, -0.2) is 54.7 Å². The largest absolute Gasteiger partial charge is 0.503 e. The zero-order valence-electron chi connectivity index (χ0n) is 11.2. The highest BCUT2D eigenvalue weighted by atomic mass is 19.1. The minimum Gasteiger partial charge on any atom is -0.503 e. The lowest BCUT2D eigenvalue weighted by molar-refractivity contribution is 0.153. The minimum atomic E-state index is -0.886. The van der Waals surface area contributed by atoms with Crippen LogP contribution >= 0.6 is 0 Å². The van der Waals surface area contributed by atoms with Crippen LogP contribution in [0, 0.1) is 11.6 Å². The molecule has 1 N–H and O–H groups in total. The van der Waals surface area contributed by atoms with E-state index in [1.807, 2.05) is 0 Å². The number of phenols is 1. The molecule has 0 saturated carbocycles. The van der Waals surface area contributed by atoms with Crippen molar-refractivity contribution < 1.29 is 13.9 Å². The average molecular weight is 270 g/mol. The summed E-state index contributed by atoms with van der Waals surface area (Å²) in [4.78, 5) is 4.66. The van der Waals surface area contributed by atoms with Crippen molar-refractivity contribution in [3.05, 3.63) is 29.3 Å². The van der Waals surface area contributed by atoms with Crippen LogP contribution in [0.4, 0.5) is 8.78 Å². The molecule has 19 heavy (non-hydrogen) atoms. The number of rotatable bonds is 4. The fourth-order valence-electron chi connectivity index (χ4n) is 2.34. The van der Waals surface area contributed by atoms with Crippen molar-refractivity contribution >= 4 is 0 Å². The standard InChI is InChI=1S/C14H20F2N2O/c1-17-5-7-18(8-6-17)4-2-3-11-9-12(15)14(19)13(16)10-11/h9-10,19H,2-8H2,1H3. The number of likely N-dealkylation sites (N-methyl/N-ethyl adjacent to an activating group) is 1. The van der Waals surface area contributed by atoms with E-state index >= 15 is 0 Å². The lowest BCUT2D eigenvalue weighted by Crippen LogP contribution is -2.44. The molecule has 2 rings (SSSR count). The molecule has 1 aromatic rings. The van der Waals surface area contributed by atoms with E-state index in [0.29, 0.717) is 12.0 Å². The number of piperazine rings is 1. The van der Waals surface area contributed by atoms with Crippen molar-refractivity contribution in [3.63, 3.8) is 0 Å². The summed E-state index contributed by atoms with van der Waals surface area (Å²) in [5.74, 6) is -2.65. The molecule has 1 aliphatic heterocycles. The Bertz CT molecular complexity index is 408. The van der Waals surface area contributed by atoms with Crippen LogP contribution in [0.3, 0.4) is 0 Å². The predicted molar refractivity (Wildman–Crippen MR) is 70.3 cm³/mol. The summed E-state index contributed by atoms with van der Waals surface area (Å²) in [6, 6.07) is 2.42. The van der Waals surface area contributed by atoms with Gasteiger partial charge in [-0.05, 0) is 44.1 Å². The predicted octanol–water partition coefficient (Wildman–Crippen LogP) is 1.85. The number of hydrogen-bond donors (Lipinski definition) is 1. The molecular weight excluding hydrogens is 250 g/mol. The third kappa shape index (κ3) is 3.88. The van der Waals surface area contributed by atoms with Gasteiger partial charge in [-0.1, -0.05) is 0 Å². The van der Waals surface area contributed by atoms with Gasteiger partial charge in [-0.3, -0.25) is 0 Å². The summed E-state index contributed by atoms with van der Waals surface area (Å²) < 4.78 is 26.3. The molecule has 0 spiro atoms. The molecule has 1 saturated heterocycles. The van der Waals surface area contributed by atoms with Crippen LogP contribution in [0.15, 0.2) is 12.1 Å². The van der Waals surface area contributed by atoms with Crippen LogP contribution in [-0.2, 0) is 6.42 Å². The molecule has 0 aliphatic carbocycles. The topological polar surface area (TPSA) is 26.7 Å². The molecule has 0 aromatic heterocycles. The van der Waals surface area contributed by atoms with Crippen molar-refractivity contribution in [3.8, 4) is 5.75 Å². The molecule has 0 unspecified atom stereocenters. The monoisotopic (exact) mass is 270 g/mol. The van der Waals surface area contributed by atoms with Crippen LogP contribution < -0.4 is 0 Å². The van der Waals surface area contributed by atoms with E-state index in [2.05, 4.69) is 16.8 Å². The van der Waals surface area contributed by atoms with Gasteiger partial charge in [-0.2, -0.15) is 0 Å². The molecule has 1 fully saturated rings. The van der Waals surface area contributed by atoms with Gasteiger partial charge < -0.3 is 14.9 Å². The van der Waals surface area contributed by atoms with Crippen molar-refractivity contribution in [2.75, 3.05) is 39.8 Å². The van der Waals surface area contributed by atoms with Crippen LogP contribution in [0.25, 0.3) is 0 Å². The first-order valence-corrected chi connectivity index (χ1v) is 6.64. The SMILES string of the molecule is CN1CCN(CCCc2cc(F)c(O)c(F)c2)CC1. The second-order valence-corrected chi connectivity index (χ2v) is 5.16. The normalized spacial score (nSPS) is 17.8. The Kier molecular flexibility index (Phi) is 4.71.